The van der Waals surface area contributed by atoms with Gasteiger partial charge in [0, 0.05) is 36.2 Å². The number of carbonyl (C=O) groups is 3. The summed E-state index contributed by atoms with van der Waals surface area (Å²) in [6.45, 7) is 0.0558. The molecule has 172 valence electrons. The molecule has 0 unspecified atom stereocenters. The normalized spacial score (nSPS) is 17.4. The lowest BCUT2D eigenvalue weighted by Crippen LogP contribution is -2.31. The molecule has 1 aliphatic rings. The van der Waals surface area contributed by atoms with Gasteiger partial charge >= 0.3 is 5.97 Å². The predicted molar refractivity (Wildman–Crippen MR) is 115 cm³/mol. The van der Waals surface area contributed by atoms with E-state index >= 15 is 0 Å². The monoisotopic (exact) mass is 456 g/mol. The van der Waals surface area contributed by atoms with Crippen molar-refractivity contribution >= 4 is 29.1 Å². The van der Waals surface area contributed by atoms with Gasteiger partial charge in [0.2, 0.25) is 0 Å². The molecule has 0 radical (unpaired) electrons. The van der Waals surface area contributed by atoms with E-state index < -0.39 is 40.2 Å². The Kier molecular flexibility index (Phi) is 7.17. The van der Waals surface area contributed by atoms with Crippen molar-refractivity contribution in [2.24, 2.45) is 0 Å². The van der Waals surface area contributed by atoms with Crippen molar-refractivity contribution in [3.05, 3.63) is 81.2 Å². The number of carboxylic acid groups (broad SMARTS) is 1. The molecule has 3 rings (SSSR count). The number of aliphatic hydroxyl groups excluding tert-OH is 1. The van der Waals surface area contributed by atoms with Crippen LogP contribution in [0.2, 0.25) is 0 Å². The summed E-state index contributed by atoms with van der Waals surface area (Å²) in [5, 5.41) is 30.5. The first-order valence-corrected chi connectivity index (χ1v) is 10.2. The fraction of sp³-hybridized carbons (Fsp3) is 0.261. The highest BCUT2D eigenvalue weighted by molar-refractivity contribution is 6.46. The molecule has 1 amide bonds. The van der Waals surface area contributed by atoms with Crippen LogP contribution in [0.1, 0.15) is 42.9 Å². The molecule has 1 atom stereocenters. The van der Waals surface area contributed by atoms with Gasteiger partial charge in [0.05, 0.1) is 16.5 Å². The second-order valence-electron chi connectivity index (χ2n) is 7.52. The van der Waals surface area contributed by atoms with Crippen molar-refractivity contribution in [1.29, 1.82) is 0 Å². The number of halogens is 1. The Morgan fingerprint density at radius 1 is 1.03 bits per heavy atom. The predicted octanol–water partition coefficient (Wildman–Crippen LogP) is 3.80. The average molecular weight is 456 g/mol. The van der Waals surface area contributed by atoms with Gasteiger partial charge in [0.1, 0.15) is 11.6 Å². The Morgan fingerprint density at radius 3 is 2.30 bits per heavy atom. The number of carboxylic acids is 1. The van der Waals surface area contributed by atoms with Crippen molar-refractivity contribution in [3.63, 3.8) is 0 Å². The Balaban J connectivity index is 2.00. The molecular weight excluding hydrogens is 435 g/mol. The molecule has 9 nitrogen and oxygen atoms in total. The summed E-state index contributed by atoms with van der Waals surface area (Å²) < 4.78 is 14.7. The number of ketones is 1. The molecule has 0 bridgehead atoms. The zero-order valence-corrected chi connectivity index (χ0v) is 17.4. The standard InChI is InChI=1S/C23H21FN2O7/c24-17-7-4-3-6-16(17)20-19(21(29)14-9-11-15(12-10-14)26(32)33)22(30)23(31)25(20)13-5-1-2-8-18(27)28/h3-4,6-7,9-12,20,29H,1-2,5,8,13H2,(H,27,28)/t20-/m1/s1. The lowest BCUT2D eigenvalue weighted by molar-refractivity contribution is -0.384. The quantitative estimate of drug-likeness (QED) is 0.146. The number of rotatable bonds is 9. The van der Waals surface area contributed by atoms with Gasteiger partial charge < -0.3 is 15.1 Å². The smallest absolute Gasteiger partial charge is 0.303 e. The minimum absolute atomic E-state index is 0.0192. The first kappa shape index (κ1) is 23.6. The maximum Gasteiger partial charge on any atom is 0.303 e. The number of non-ortho nitro benzene ring substituents is 1. The number of carbonyl (C=O) groups excluding carboxylic acids is 2. The van der Waals surface area contributed by atoms with Crippen LogP contribution < -0.4 is 0 Å². The van der Waals surface area contributed by atoms with Crippen molar-refractivity contribution < 1.29 is 33.9 Å². The van der Waals surface area contributed by atoms with Crippen LogP contribution in [0, 0.1) is 15.9 Å². The second kappa shape index (κ2) is 10.0. The fourth-order valence-electron chi connectivity index (χ4n) is 3.76. The number of nitrogens with zero attached hydrogens (tertiary/aromatic N) is 2. The molecule has 2 aromatic carbocycles. The molecule has 0 spiro atoms. The van der Waals surface area contributed by atoms with Crippen molar-refractivity contribution in [2.75, 3.05) is 6.54 Å². The summed E-state index contributed by atoms with van der Waals surface area (Å²) >= 11 is 0. The number of hydrogen-bond donors (Lipinski definition) is 2. The zero-order valence-electron chi connectivity index (χ0n) is 17.4. The molecule has 1 fully saturated rings. The third-order valence-corrected chi connectivity index (χ3v) is 5.38. The van der Waals surface area contributed by atoms with Crippen LogP contribution >= 0.6 is 0 Å². The van der Waals surface area contributed by atoms with Gasteiger partial charge in [-0.1, -0.05) is 24.6 Å². The summed E-state index contributed by atoms with van der Waals surface area (Å²) in [6, 6.07) is 9.15. The van der Waals surface area contributed by atoms with Crippen LogP contribution in [-0.2, 0) is 14.4 Å². The number of nitro groups is 1. The summed E-state index contributed by atoms with van der Waals surface area (Å²) in [4.78, 5) is 47.8. The zero-order chi connectivity index (χ0) is 24.1. The van der Waals surface area contributed by atoms with Gasteiger partial charge in [0.25, 0.3) is 17.4 Å². The van der Waals surface area contributed by atoms with Crippen LogP contribution in [0.5, 0.6) is 0 Å². The van der Waals surface area contributed by atoms with E-state index in [1.807, 2.05) is 0 Å². The topological polar surface area (TPSA) is 138 Å². The number of Topliss-reactive ketones (excluding diaryl/α,β-unsaturated/α-hetero) is 1. The lowest BCUT2D eigenvalue weighted by atomic mass is 9.94. The molecule has 1 heterocycles. The molecule has 10 heteroatoms. The summed E-state index contributed by atoms with van der Waals surface area (Å²) in [7, 11) is 0. The van der Waals surface area contributed by atoms with E-state index in [9.17, 15) is 34.0 Å². The van der Waals surface area contributed by atoms with Gasteiger partial charge in [-0.2, -0.15) is 0 Å². The minimum Gasteiger partial charge on any atom is -0.507 e. The van der Waals surface area contributed by atoms with Crippen molar-refractivity contribution in [3.8, 4) is 0 Å². The van der Waals surface area contributed by atoms with Gasteiger partial charge in [-0.05, 0) is 31.0 Å². The second-order valence-corrected chi connectivity index (χ2v) is 7.52. The molecule has 1 aliphatic heterocycles. The highest BCUT2D eigenvalue weighted by Gasteiger charge is 2.46. The lowest BCUT2D eigenvalue weighted by Gasteiger charge is -2.25. The SMILES string of the molecule is O=C(O)CCCCCN1C(=O)C(=O)C(=C(O)c2ccc([N+](=O)[O-])cc2)[C@H]1c1ccccc1F. The number of hydrogen-bond acceptors (Lipinski definition) is 6. The van der Waals surface area contributed by atoms with Gasteiger partial charge in [-0.25, -0.2) is 4.39 Å². The highest BCUT2D eigenvalue weighted by Crippen LogP contribution is 2.40. The third kappa shape index (κ3) is 5.05. The third-order valence-electron chi connectivity index (χ3n) is 5.38. The number of aliphatic carboxylic acids is 1. The van der Waals surface area contributed by atoms with Crippen molar-refractivity contribution in [2.45, 2.75) is 31.7 Å². The van der Waals surface area contributed by atoms with Crippen LogP contribution in [0.4, 0.5) is 10.1 Å². The first-order valence-electron chi connectivity index (χ1n) is 10.2. The molecule has 2 aromatic rings. The van der Waals surface area contributed by atoms with E-state index in [1.54, 1.807) is 0 Å². The highest BCUT2D eigenvalue weighted by atomic mass is 19.1. The Labute approximate surface area is 187 Å². The summed E-state index contributed by atoms with van der Waals surface area (Å²) in [6.07, 6.45) is 1.20. The molecule has 0 saturated carbocycles. The molecule has 0 aromatic heterocycles. The maximum absolute atomic E-state index is 14.7. The molecule has 33 heavy (non-hydrogen) atoms. The average Bonchev–Trinajstić information content (AvgIpc) is 3.03. The van der Waals surface area contributed by atoms with E-state index in [1.165, 1.54) is 41.3 Å². The fourth-order valence-corrected chi connectivity index (χ4v) is 3.76. The van der Waals surface area contributed by atoms with E-state index in [0.29, 0.717) is 19.3 Å². The molecule has 1 saturated heterocycles. The van der Waals surface area contributed by atoms with E-state index in [0.717, 1.165) is 12.1 Å². The van der Waals surface area contributed by atoms with Crippen LogP contribution in [-0.4, -0.2) is 44.2 Å². The number of benzene rings is 2. The molecular formula is C23H21FN2O7. The first-order chi connectivity index (χ1) is 15.7. The van der Waals surface area contributed by atoms with E-state index in [4.69, 9.17) is 5.11 Å². The number of aliphatic hydroxyl groups is 1. The Hall–Kier alpha value is -4.08. The van der Waals surface area contributed by atoms with Crippen LogP contribution in [0.3, 0.4) is 0 Å². The van der Waals surface area contributed by atoms with Crippen LogP contribution in [0.25, 0.3) is 5.76 Å². The summed E-state index contributed by atoms with van der Waals surface area (Å²) in [5.74, 6) is -4.08. The Morgan fingerprint density at radius 2 is 1.70 bits per heavy atom. The number of unbranched alkanes of at least 4 members (excludes halogenated alkanes) is 2. The van der Waals surface area contributed by atoms with E-state index in [-0.39, 0.29) is 35.4 Å². The van der Waals surface area contributed by atoms with Gasteiger partial charge in [-0.15, -0.1) is 0 Å². The largest absolute Gasteiger partial charge is 0.507 e. The van der Waals surface area contributed by atoms with E-state index in [2.05, 4.69) is 0 Å². The minimum atomic E-state index is -1.19. The van der Waals surface area contributed by atoms with Crippen LogP contribution in [0.15, 0.2) is 54.1 Å². The maximum atomic E-state index is 14.7. The number of nitro benzene ring substituents is 1. The summed E-state index contributed by atoms with van der Waals surface area (Å²) in [5.41, 5.74) is -0.449. The van der Waals surface area contributed by atoms with Gasteiger partial charge in [0.15, 0.2) is 0 Å². The molecule has 0 aliphatic carbocycles. The van der Waals surface area contributed by atoms with Crippen molar-refractivity contribution in [1.82, 2.24) is 4.90 Å². The van der Waals surface area contributed by atoms with Gasteiger partial charge in [-0.3, -0.25) is 24.5 Å². The molecule has 2 N–H and O–H groups in total. The Bertz CT molecular complexity index is 1130. The number of amides is 1. The number of likely N-dealkylation sites (tertiary alicyclic amines) is 1.